The second-order valence-electron chi connectivity index (χ2n) is 2.49. The number of rotatable bonds is 4. The Morgan fingerprint density at radius 1 is 0.875 bits per heavy atom. The number of carbonyl (C=O) groups excluding carboxylic acids is 2. The van der Waals surface area contributed by atoms with E-state index in [0.717, 1.165) is 0 Å². The van der Waals surface area contributed by atoms with E-state index in [-0.39, 0.29) is 48.9 Å². The number of carboxylic acids is 2. The topological polar surface area (TPSA) is 80.3 Å². The minimum atomic E-state index is -1.15. The predicted octanol–water partition coefficient (Wildman–Crippen LogP) is -6.59. The number of carboxylic acid groups (broad SMARTS) is 2. The van der Waals surface area contributed by atoms with Gasteiger partial charge in [-0.05, 0) is 24.0 Å². The Kier molecular flexibility index (Phi) is 22.6. The number of aliphatic carboxylic acids is 2. The number of hydrogen-bond acceptors (Lipinski definition) is 4. The summed E-state index contributed by atoms with van der Waals surface area (Å²) in [7, 11) is 0. The van der Waals surface area contributed by atoms with E-state index >= 15 is 0 Å². The van der Waals surface area contributed by atoms with Crippen molar-refractivity contribution in [1.29, 1.82) is 0 Å². The van der Waals surface area contributed by atoms with Crippen LogP contribution >= 0.6 is 0 Å². The van der Waals surface area contributed by atoms with Crippen LogP contribution in [-0.2, 0) is 9.59 Å². The van der Waals surface area contributed by atoms with Crippen molar-refractivity contribution in [2.45, 2.75) is 26.7 Å². The van der Waals surface area contributed by atoms with E-state index < -0.39 is 11.9 Å². The first kappa shape index (κ1) is 24.7. The van der Waals surface area contributed by atoms with Crippen LogP contribution in [0.3, 0.4) is 0 Å². The molecule has 0 heterocycles. The van der Waals surface area contributed by atoms with E-state index in [1.165, 1.54) is 0 Å². The zero-order chi connectivity index (χ0) is 11.7. The molecule has 0 aromatic heterocycles. The van der Waals surface area contributed by atoms with Crippen LogP contribution in [0.5, 0.6) is 0 Å². The molecule has 0 aliphatic rings. The van der Waals surface area contributed by atoms with Gasteiger partial charge >= 0.3 is 37.7 Å². The maximum atomic E-state index is 9.72. The monoisotopic (exact) mass is 212 g/mol. The largest absolute Gasteiger partial charge is 1.00 e. The van der Waals surface area contributed by atoms with Crippen LogP contribution in [0.2, 0.25) is 0 Å². The minimum Gasteiger partial charge on any atom is -0.545 e. The summed E-state index contributed by atoms with van der Waals surface area (Å²) in [5.74, 6) is -2.30. The predicted molar refractivity (Wildman–Crippen MR) is 48.9 cm³/mol. The average Bonchev–Trinajstić information content (AvgIpc) is 2.15. The van der Waals surface area contributed by atoms with Crippen molar-refractivity contribution in [3.63, 3.8) is 0 Å². The summed E-state index contributed by atoms with van der Waals surface area (Å²) in [6.07, 6.45) is 0.921. The van der Waals surface area contributed by atoms with E-state index in [4.69, 9.17) is 0 Å². The van der Waals surface area contributed by atoms with Crippen LogP contribution in [0, 0.1) is 0 Å². The summed E-state index contributed by atoms with van der Waals surface area (Å²) in [6, 6.07) is 0. The molecule has 0 saturated heterocycles. The van der Waals surface area contributed by atoms with Crippen LogP contribution in [0.25, 0.3) is 0 Å². The molecule has 0 bridgehead atoms. The quantitative estimate of drug-likeness (QED) is 0.343. The van der Waals surface area contributed by atoms with Crippen LogP contribution < -0.4 is 47.9 Å². The molecule has 0 spiro atoms. The summed E-state index contributed by atoms with van der Waals surface area (Å²) in [6.45, 7) is 9.86. The first-order valence-corrected chi connectivity index (χ1v) is 4.14. The van der Waals surface area contributed by atoms with Gasteiger partial charge in [0.15, 0.2) is 0 Å². The van der Waals surface area contributed by atoms with Crippen molar-refractivity contribution in [3.05, 3.63) is 24.3 Å². The van der Waals surface area contributed by atoms with Crippen molar-refractivity contribution in [1.82, 2.24) is 0 Å². The van der Waals surface area contributed by atoms with Crippen LogP contribution in [0.15, 0.2) is 24.3 Å². The molecule has 0 atom stereocenters. The van der Waals surface area contributed by atoms with Gasteiger partial charge in [0.2, 0.25) is 0 Å². The van der Waals surface area contributed by atoms with Gasteiger partial charge in [0, 0.05) is 0 Å². The summed E-state index contributed by atoms with van der Waals surface area (Å²) in [4.78, 5) is 19.4. The molecule has 0 aromatic carbocycles. The SMILES string of the molecule is C=C(CC)C(=O)[O-].C=C(CC)C(=O)[O-].[Li+].[Li+]. The van der Waals surface area contributed by atoms with Gasteiger partial charge in [0.1, 0.15) is 0 Å². The molecule has 0 aliphatic carbocycles. The van der Waals surface area contributed by atoms with E-state index in [2.05, 4.69) is 13.2 Å². The first-order valence-electron chi connectivity index (χ1n) is 4.14. The van der Waals surface area contributed by atoms with Gasteiger partial charge < -0.3 is 19.8 Å². The molecular formula is C10H14Li2O4. The third-order valence-electron chi connectivity index (χ3n) is 1.43. The second kappa shape index (κ2) is 14.6. The summed E-state index contributed by atoms with van der Waals surface area (Å²) in [5, 5.41) is 19.4. The molecule has 0 amide bonds. The van der Waals surface area contributed by atoms with E-state index in [1.807, 2.05) is 0 Å². The number of hydrogen-bond donors (Lipinski definition) is 0. The van der Waals surface area contributed by atoms with Gasteiger partial charge in [0.05, 0.1) is 11.9 Å². The van der Waals surface area contributed by atoms with Gasteiger partial charge in [-0.15, -0.1) is 0 Å². The molecule has 0 fully saturated rings. The fourth-order valence-corrected chi connectivity index (χ4v) is 0.289. The zero-order valence-corrected chi connectivity index (χ0v) is 10.5. The zero-order valence-electron chi connectivity index (χ0n) is 10.5. The van der Waals surface area contributed by atoms with Crippen molar-refractivity contribution in [3.8, 4) is 0 Å². The third-order valence-corrected chi connectivity index (χ3v) is 1.43. The molecule has 0 aromatic rings. The standard InChI is InChI=1S/2C5H8O2.2Li/c2*1-3-4(2)5(6)7;;/h2*2-3H2,1H3,(H,6,7);;/q;;2*+1/p-2. The molecule has 0 aliphatic heterocycles. The molecule has 0 saturated carbocycles. The van der Waals surface area contributed by atoms with E-state index in [9.17, 15) is 19.8 Å². The molecule has 0 radical (unpaired) electrons. The van der Waals surface area contributed by atoms with Gasteiger partial charge in [-0.25, -0.2) is 0 Å². The Labute approximate surface area is 120 Å². The molecule has 80 valence electrons. The molecule has 16 heavy (non-hydrogen) atoms. The minimum absolute atomic E-state index is 0. The molecular weight excluding hydrogens is 198 g/mol. The smallest absolute Gasteiger partial charge is 0.545 e. The third kappa shape index (κ3) is 16.1. The first-order chi connectivity index (χ1) is 6.36. The van der Waals surface area contributed by atoms with E-state index in [1.54, 1.807) is 13.8 Å². The molecule has 0 unspecified atom stereocenters. The van der Waals surface area contributed by atoms with Crippen molar-refractivity contribution in [2.75, 3.05) is 0 Å². The van der Waals surface area contributed by atoms with Crippen LogP contribution in [0.1, 0.15) is 26.7 Å². The van der Waals surface area contributed by atoms with Gasteiger partial charge in [-0.1, -0.05) is 27.0 Å². The molecule has 0 rings (SSSR count). The Balaban J connectivity index is -0.0000000800. The van der Waals surface area contributed by atoms with E-state index in [0.29, 0.717) is 12.8 Å². The Hall–Kier alpha value is -0.385. The van der Waals surface area contributed by atoms with Crippen molar-refractivity contribution in [2.24, 2.45) is 0 Å². The van der Waals surface area contributed by atoms with Crippen molar-refractivity contribution >= 4 is 11.9 Å². The summed E-state index contributed by atoms with van der Waals surface area (Å²) < 4.78 is 0. The number of carbonyl (C=O) groups is 2. The van der Waals surface area contributed by atoms with Gasteiger partial charge in [0.25, 0.3) is 0 Å². The van der Waals surface area contributed by atoms with Crippen LogP contribution in [0.4, 0.5) is 0 Å². The van der Waals surface area contributed by atoms with Crippen molar-refractivity contribution < 1.29 is 57.5 Å². The maximum absolute atomic E-state index is 9.72. The van der Waals surface area contributed by atoms with Gasteiger partial charge in [-0.3, -0.25) is 0 Å². The molecule has 4 nitrogen and oxygen atoms in total. The fraction of sp³-hybridized carbons (Fsp3) is 0.400. The summed E-state index contributed by atoms with van der Waals surface area (Å²) >= 11 is 0. The average molecular weight is 212 g/mol. The molecule has 6 heteroatoms. The maximum Gasteiger partial charge on any atom is 1.00 e. The Morgan fingerprint density at radius 2 is 1.06 bits per heavy atom. The summed E-state index contributed by atoms with van der Waals surface area (Å²) in [5.41, 5.74) is 0.306. The Bertz CT molecular complexity index is 223. The molecule has 0 N–H and O–H groups in total. The van der Waals surface area contributed by atoms with Gasteiger partial charge in [-0.2, -0.15) is 0 Å². The normalized spacial score (nSPS) is 7.12. The second-order valence-corrected chi connectivity index (χ2v) is 2.49. The van der Waals surface area contributed by atoms with Crippen LogP contribution in [-0.4, -0.2) is 11.9 Å². The Morgan fingerprint density at radius 3 is 1.06 bits per heavy atom. The fourth-order valence-electron chi connectivity index (χ4n) is 0.289.